The first-order chi connectivity index (χ1) is 12.2. The van der Waals surface area contributed by atoms with Crippen LogP contribution in [0.3, 0.4) is 0 Å². The standard InChI is InChI=1S/C19H24N2O2S2/c1-12-5-4-6-13(9-12)23-16(22)10-24-18-17-14-7-2-3-8-15(14)25-19(17)21-11-20-18/h11-13H,2-10H2,1H3/t12-,13+/m0/s1. The number of esters is 1. The second kappa shape index (κ2) is 7.62. The van der Waals surface area contributed by atoms with Gasteiger partial charge in [-0.2, -0.15) is 0 Å². The summed E-state index contributed by atoms with van der Waals surface area (Å²) in [5.74, 6) is 0.889. The van der Waals surface area contributed by atoms with Crippen molar-refractivity contribution in [1.29, 1.82) is 0 Å². The van der Waals surface area contributed by atoms with E-state index in [1.807, 2.05) is 0 Å². The van der Waals surface area contributed by atoms with Gasteiger partial charge < -0.3 is 4.74 Å². The Kier molecular flexibility index (Phi) is 5.27. The third kappa shape index (κ3) is 3.85. The number of ether oxygens (including phenoxy) is 1. The predicted octanol–water partition coefficient (Wildman–Crippen LogP) is 4.78. The summed E-state index contributed by atoms with van der Waals surface area (Å²) in [6.45, 7) is 2.24. The lowest BCUT2D eigenvalue weighted by atomic mass is 9.89. The molecule has 1 saturated carbocycles. The van der Waals surface area contributed by atoms with Gasteiger partial charge in [-0.1, -0.05) is 25.1 Å². The van der Waals surface area contributed by atoms with E-state index < -0.39 is 0 Å². The molecule has 6 heteroatoms. The lowest BCUT2D eigenvalue weighted by Gasteiger charge is -2.26. The maximum Gasteiger partial charge on any atom is 0.316 e. The van der Waals surface area contributed by atoms with Gasteiger partial charge >= 0.3 is 5.97 Å². The van der Waals surface area contributed by atoms with Gasteiger partial charge in [0.25, 0.3) is 0 Å². The SMILES string of the molecule is C[C@H]1CCC[C@@H](OC(=O)CSc2ncnc3sc4c(c23)CCCC4)C1. The van der Waals surface area contributed by atoms with Gasteiger partial charge in [0.1, 0.15) is 22.3 Å². The Balaban J connectivity index is 1.44. The van der Waals surface area contributed by atoms with Crippen LogP contribution >= 0.6 is 23.1 Å². The van der Waals surface area contributed by atoms with E-state index in [1.165, 1.54) is 53.3 Å². The van der Waals surface area contributed by atoms with Gasteiger partial charge in [-0.3, -0.25) is 4.79 Å². The van der Waals surface area contributed by atoms with Gasteiger partial charge in [-0.05, 0) is 56.4 Å². The highest BCUT2D eigenvalue weighted by molar-refractivity contribution is 8.00. The van der Waals surface area contributed by atoms with Crippen LogP contribution in [0.4, 0.5) is 0 Å². The first-order valence-electron chi connectivity index (χ1n) is 9.28. The van der Waals surface area contributed by atoms with Crippen molar-refractivity contribution in [3.05, 3.63) is 16.8 Å². The third-order valence-corrected chi connectivity index (χ3v) is 7.39. The van der Waals surface area contributed by atoms with Crippen molar-refractivity contribution in [3.63, 3.8) is 0 Å². The number of fused-ring (bicyclic) bond motifs is 3. The normalized spacial score (nSPS) is 23.4. The van der Waals surface area contributed by atoms with Crippen molar-refractivity contribution in [3.8, 4) is 0 Å². The summed E-state index contributed by atoms with van der Waals surface area (Å²) in [5, 5.41) is 2.13. The molecule has 2 aromatic rings. The number of hydrogen-bond donors (Lipinski definition) is 0. The molecule has 0 spiro atoms. The minimum atomic E-state index is -0.111. The predicted molar refractivity (Wildman–Crippen MR) is 102 cm³/mol. The molecule has 0 radical (unpaired) electrons. The van der Waals surface area contributed by atoms with Crippen molar-refractivity contribution in [2.75, 3.05) is 5.75 Å². The van der Waals surface area contributed by atoms with E-state index in [4.69, 9.17) is 4.74 Å². The molecule has 0 aromatic carbocycles. The molecule has 2 aliphatic carbocycles. The molecule has 2 aliphatic rings. The summed E-state index contributed by atoms with van der Waals surface area (Å²) >= 11 is 3.30. The Morgan fingerprint density at radius 2 is 2.16 bits per heavy atom. The summed E-state index contributed by atoms with van der Waals surface area (Å²) in [6.07, 6.45) is 10.9. The van der Waals surface area contributed by atoms with Crippen LogP contribution in [-0.2, 0) is 22.4 Å². The Morgan fingerprint density at radius 3 is 3.04 bits per heavy atom. The topological polar surface area (TPSA) is 52.1 Å². The fourth-order valence-corrected chi connectivity index (χ4v) is 6.11. The zero-order valence-corrected chi connectivity index (χ0v) is 16.3. The van der Waals surface area contributed by atoms with Crippen LogP contribution in [0, 0.1) is 5.92 Å². The zero-order valence-electron chi connectivity index (χ0n) is 14.6. The fourth-order valence-electron chi connectivity index (χ4n) is 4.00. The van der Waals surface area contributed by atoms with E-state index >= 15 is 0 Å². The van der Waals surface area contributed by atoms with E-state index in [9.17, 15) is 4.79 Å². The number of thiophene rings is 1. The lowest BCUT2D eigenvalue weighted by molar-refractivity contribution is -0.147. The average Bonchev–Trinajstić information content (AvgIpc) is 2.99. The molecule has 2 aromatic heterocycles. The van der Waals surface area contributed by atoms with E-state index in [2.05, 4.69) is 16.9 Å². The first-order valence-corrected chi connectivity index (χ1v) is 11.1. The Hall–Kier alpha value is -1.14. The number of hydrogen-bond acceptors (Lipinski definition) is 6. The molecule has 4 rings (SSSR count). The third-order valence-electron chi connectivity index (χ3n) is 5.23. The van der Waals surface area contributed by atoms with Crippen LogP contribution in [0.2, 0.25) is 0 Å². The van der Waals surface area contributed by atoms with Gasteiger partial charge in [0.2, 0.25) is 0 Å². The molecular formula is C19H24N2O2S2. The number of carbonyl (C=O) groups excluding carboxylic acids is 1. The lowest BCUT2D eigenvalue weighted by Crippen LogP contribution is -2.25. The number of rotatable bonds is 4. The molecule has 0 bridgehead atoms. The van der Waals surface area contributed by atoms with Crippen LogP contribution in [0.25, 0.3) is 10.2 Å². The summed E-state index contributed by atoms with van der Waals surface area (Å²) in [4.78, 5) is 23.7. The van der Waals surface area contributed by atoms with Crippen LogP contribution in [-0.4, -0.2) is 27.8 Å². The van der Waals surface area contributed by atoms with Crippen LogP contribution < -0.4 is 0 Å². The molecular weight excluding hydrogens is 352 g/mol. The number of aromatic nitrogens is 2. The molecule has 4 nitrogen and oxygen atoms in total. The minimum Gasteiger partial charge on any atom is -0.462 e. The smallest absolute Gasteiger partial charge is 0.316 e. The highest BCUT2D eigenvalue weighted by atomic mass is 32.2. The van der Waals surface area contributed by atoms with E-state index in [-0.39, 0.29) is 12.1 Å². The second-order valence-electron chi connectivity index (χ2n) is 7.24. The van der Waals surface area contributed by atoms with Gasteiger partial charge in [-0.25, -0.2) is 9.97 Å². The van der Waals surface area contributed by atoms with Gasteiger partial charge in [0.05, 0.1) is 5.75 Å². The maximum atomic E-state index is 12.3. The Bertz CT molecular complexity index is 774. The summed E-state index contributed by atoms with van der Waals surface area (Å²) in [6, 6.07) is 0. The van der Waals surface area contributed by atoms with Crippen LogP contribution in [0.5, 0.6) is 0 Å². The van der Waals surface area contributed by atoms with Crippen molar-refractivity contribution in [2.45, 2.75) is 69.4 Å². The highest BCUT2D eigenvalue weighted by Gasteiger charge is 2.23. The minimum absolute atomic E-state index is 0.108. The Labute approximate surface area is 156 Å². The molecule has 134 valence electrons. The van der Waals surface area contributed by atoms with E-state index in [0.717, 1.165) is 35.5 Å². The molecule has 25 heavy (non-hydrogen) atoms. The largest absolute Gasteiger partial charge is 0.462 e. The summed E-state index contributed by atoms with van der Waals surface area (Å²) in [7, 11) is 0. The number of aryl methyl sites for hydroxylation is 2. The zero-order chi connectivity index (χ0) is 17.2. The second-order valence-corrected chi connectivity index (χ2v) is 9.29. The van der Waals surface area contributed by atoms with E-state index in [0.29, 0.717) is 11.7 Å². The van der Waals surface area contributed by atoms with Crippen molar-refractivity contribution < 1.29 is 9.53 Å². The number of thioether (sulfide) groups is 1. The highest BCUT2D eigenvalue weighted by Crippen LogP contribution is 2.39. The van der Waals surface area contributed by atoms with Gasteiger partial charge in [-0.15, -0.1) is 11.3 Å². The molecule has 2 atom stereocenters. The van der Waals surface area contributed by atoms with Gasteiger partial charge in [0, 0.05) is 10.3 Å². The van der Waals surface area contributed by atoms with Crippen molar-refractivity contribution in [1.82, 2.24) is 9.97 Å². The molecule has 0 saturated heterocycles. The maximum absolute atomic E-state index is 12.3. The van der Waals surface area contributed by atoms with Crippen molar-refractivity contribution >= 4 is 39.3 Å². The van der Waals surface area contributed by atoms with Crippen molar-refractivity contribution in [2.24, 2.45) is 5.92 Å². The van der Waals surface area contributed by atoms with Gasteiger partial charge in [0.15, 0.2) is 0 Å². The molecule has 0 aliphatic heterocycles. The molecule has 1 fully saturated rings. The number of carbonyl (C=O) groups is 1. The average molecular weight is 377 g/mol. The monoisotopic (exact) mass is 376 g/mol. The van der Waals surface area contributed by atoms with Crippen LogP contribution in [0.15, 0.2) is 11.4 Å². The summed E-state index contributed by atoms with van der Waals surface area (Å²) < 4.78 is 5.69. The quantitative estimate of drug-likeness (QED) is 0.436. The number of nitrogens with zero attached hydrogens (tertiary/aromatic N) is 2. The fraction of sp³-hybridized carbons (Fsp3) is 0.632. The molecule has 0 amide bonds. The molecule has 2 heterocycles. The van der Waals surface area contributed by atoms with Crippen LogP contribution in [0.1, 0.15) is 55.9 Å². The molecule has 0 N–H and O–H groups in total. The first kappa shape index (κ1) is 17.3. The molecule has 0 unspecified atom stereocenters. The van der Waals surface area contributed by atoms with E-state index in [1.54, 1.807) is 17.7 Å². The Morgan fingerprint density at radius 1 is 1.28 bits per heavy atom. The summed E-state index contributed by atoms with van der Waals surface area (Å²) in [5.41, 5.74) is 1.42.